The number of sulfone groups is 1. The third-order valence-electron chi connectivity index (χ3n) is 4.29. The Morgan fingerprint density at radius 3 is 2.80 bits per heavy atom. The molecule has 5 nitrogen and oxygen atoms in total. The zero-order valence-electron chi connectivity index (χ0n) is 10.7. The minimum Gasteiger partial charge on any atom is -0.392 e. The zero-order chi connectivity index (χ0) is 13.9. The highest BCUT2D eigenvalue weighted by atomic mass is 32.2. The van der Waals surface area contributed by atoms with E-state index in [0.29, 0.717) is 0 Å². The van der Waals surface area contributed by atoms with Crippen LogP contribution in [0, 0.1) is 5.92 Å². The molecule has 104 valence electrons. The van der Waals surface area contributed by atoms with Gasteiger partial charge in [-0.05, 0) is 5.56 Å². The molecule has 1 saturated heterocycles. The van der Waals surface area contributed by atoms with Gasteiger partial charge in [-0.15, -0.1) is 0 Å². The van der Waals surface area contributed by atoms with Gasteiger partial charge in [0.15, 0.2) is 9.84 Å². The second kappa shape index (κ2) is 3.93. The molecule has 0 aliphatic carbocycles. The van der Waals surface area contributed by atoms with Gasteiger partial charge in [0.25, 0.3) is 0 Å². The number of benzene rings is 1. The normalized spacial score (nSPS) is 30.1. The van der Waals surface area contributed by atoms with E-state index in [1.807, 2.05) is 28.8 Å². The maximum atomic E-state index is 11.8. The highest BCUT2D eigenvalue weighted by Gasteiger charge is 2.45. The lowest BCUT2D eigenvalue weighted by Gasteiger charge is -2.23. The summed E-state index contributed by atoms with van der Waals surface area (Å²) in [4.78, 5) is 4.16. The Morgan fingerprint density at radius 2 is 2.05 bits per heavy atom. The fourth-order valence-corrected chi connectivity index (χ4v) is 5.36. The van der Waals surface area contributed by atoms with Crippen molar-refractivity contribution in [2.24, 2.45) is 5.92 Å². The van der Waals surface area contributed by atoms with Crippen LogP contribution in [0.2, 0.25) is 0 Å². The van der Waals surface area contributed by atoms with E-state index in [4.69, 9.17) is 0 Å². The summed E-state index contributed by atoms with van der Waals surface area (Å²) in [5, 5.41) is 10.2. The molecular formula is C14H14N2O3S. The fraction of sp³-hybridized carbons (Fsp3) is 0.357. The van der Waals surface area contributed by atoms with Crippen molar-refractivity contribution in [2.75, 3.05) is 11.5 Å². The van der Waals surface area contributed by atoms with Crippen LogP contribution in [-0.2, 0) is 9.84 Å². The summed E-state index contributed by atoms with van der Waals surface area (Å²) in [7, 11) is -3.15. The highest BCUT2D eigenvalue weighted by molar-refractivity contribution is 7.91. The molecule has 0 unspecified atom stereocenters. The molecule has 1 aromatic heterocycles. The van der Waals surface area contributed by atoms with Gasteiger partial charge in [0.1, 0.15) is 0 Å². The summed E-state index contributed by atoms with van der Waals surface area (Å²) in [6, 6.07) is 7.78. The summed E-state index contributed by atoms with van der Waals surface area (Å²) in [6.45, 7) is 0. The second-order valence-electron chi connectivity index (χ2n) is 5.53. The molecule has 0 amide bonds. The molecule has 2 aromatic rings. The van der Waals surface area contributed by atoms with Crippen molar-refractivity contribution in [3.8, 4) is 11.3 Å². The number of aliphatic hydroxyl groups excluding tert-OH is 1. The van der Waals surface area contributed by atoms with E-state index in [1.54, 1.807) is 12.5 Å². The molecule has 3 atom stereocenters. The molecule has 20 heavy (non-hydrogen) atoms. The average Bonchev–Trinajstić information content (AvgIpc) is 3.02. The largest absolute Gasteiger partial charge is 0.392 e. The summed E-state index contributed by atoms with van der Waals surface area (Å²) in [5.41, 5.74) is 3.14. The first-order chi connectivity index (χ1) is 9.57. The van der Waals surface area contributed by atoms with Crippen molar-refractivity contribution in [3.63, 3.8) is 0 Å². The van der Waals surface area contributed by atoms with Gasteiger partial charge in [-0.25, -0.2) is 13.4 Å². The standard InChI is InChI=1S/C14H14N2O3S/c17-13-7-20(18,19)6-11(13)14-10-4-2-1-3-9(10)12-5-15-8-16(12)14/h1-5,8,11,13-14,17H,6-7H2/t11-,13-,14+/m0/s1. The van der Waals surface area contributed by atoms with Crippen LogP contribution in [-0.4, -0.2) is 40.7 Å². The zero-order valence-corrected chi connectivity index (χ0v) is 11.5. The Morgan fingerprint density at radius 1 is 1.25 bits per heavy atom. The predicted molar refractivity (Wildman–Crippen MR) is 74.0 cm³/mol. The molecule has 2 aliphatic heterocycles. The van der Waals surface area contributed by atoms with E-state index in [-0.39, 0.29) is 23.5 Å². The molecule has 0 spiro atoms. The van der Waals surface area contributed by atoms with E-state index in [9.17, 15) is 13.5 Å². The van der Waals surface area contributed by atoms with Crippen molar-refractivity contribution in [1.82, 2.24) is 9.55 Å². The maximum Gasteiger partial charge on any atom is 0.153 e. The molecule has 1 fully saturated rings. The van der Waals surface area contributed by atoms with Crippen LogP contribution in [0.1, 0.15) is 11.6 Å². The smallest absolute Gasteiger partial charge is 0.153 e. The summed E-state index contributed by atoms with van der Waals surface area (Å²) in [6.07, 6.45) is 2.69. The lowest BCUT2D eigenvalue weighted by atomic mass is 9.90. The molecule has 4 rings (SSSR count). The topological polar surface area (TPSA) is 72.2 Å². The van der Waals surface area contributed by atoms with E-state index in [0.717, 1.165) is 16.8 Å². The number of aliphatic hydroxyl groups is 1. The fourth-order valence-electron chi connectivity index (χ4n) is 3.47. The molecule has 2 aliphatic rings. The molecule has 0 bridgehead atoms. The van der Waals surface area contributed by atoms with Gasteiger partial charge in [-0.1, -0.05) is 24.3 Å². The first-order valence-electron chi connectivity index (χ1n) is 6.56. The summed E-state index contributed by atoms with van der Waals surface area (Å²) in [5.74, 6) is -0.415. The van der Waals surface area contributed by atoms with Crippen LogP contribution in [0.15, 0.2) is 36.8 Å². The molecular weight excluding hydrogens is 276 g/mol. The minimum absolute atomic E-state index is 0.0325. The Labute approximate surface area is 116 Å². The van der Waals surface area contributed by atoms with Crippen LogP contribution in [0.5, 0.6) is 0 Å². The van der Waals surface area contributed by atoms with E-state index >= 15 is 0 Å². The Kier molecular flexibility index (Phi) is 2.38. The third kappa shape index (κ3) is 1.58. The Bertz CT molecular complexity index is 781. The monoisotopic (exact) mass is 290 g/mol. The Hall–Kier alpha value is -1.66. The maximum absolute atomic E-state index is 11.8. The first-order valence-corrected chi connectivity index (χ1v) is 8.38. The number of fused-ring (bicyclic) bond motifs is 3. The van der Waals surface area contributed by atoms with Crippen molar-refractivity contribution in [2.45, 2.75) is 12.1 Å². The quantitative estimate of drug-likeness (QED) is 0.845. The van der Waals surface area contributed by atoms with Gasteiger partial charge < -0.3 is 9.67 Å². The number of hydrogen-bond acceptors (Lipinski definition) is 4. The Balaban J connectivity index is 1.87. The van der Waals surface area contributed by atoms with Gasteiger partial charge in [0, 0.05) is 11.5 Å². The van der Waals surface area contributed by atoms with Gasteiger partial charge in [-0.3, -0.25) is 0 Å². The van der Waals surface area contributed by atoms with Crippen molar-refractivity contribution < 1.29 is 13.5 Å². The van der Waals surface area contributed by atoms with Gasteiger partial charge in [-0.2, -0.15) is 0 Å². The van der Waals surface area contributed by atoms with Gasteiger partial charge in [0.2, 0.25) is 0 Å². The van der Waals surface area contributed by atoms with Crippen LogP contribution in [0.4, 0.5) is 0 Å². The van der Waals surface area contributed by atoms with Crippen LogP contribution >= 0.6 is 0 Å². The summed E-state index contributed by atoms with van der Waals surface area (Å²) < 4.78 is 25.6. The van der Waals surface area contributed by atoms with E-state index in [1.165, 1.54) is 0 Å². The second-order valence-corrected chi connectivity index (χ2v) is 7.68. The average molecular weight is 290 g/mol. The molecule has 6 heteroatoms. The third-order valence-corrected chi connectivity index (χ3v) is 6.03. The van der Waals surface area contributed by atoms with Crippen LogP contribution in [0.25, 0.3) is 11.3 Å². The van der Waals surface area contributed by atoms with E-state index < -0.39 is 15.9 Å². The van der Waals surface area contributed by atoms with Crippen LogP contribution < -0.4 is 0 Å². The molecule has 1 aromatic carbocycles. The lowest BCUT2D eigenvalue weighted by Crippen LogP contribution is -2.27. The lowest BCUT2D eigenvalue weighted by molar-refractivity contribution is 0.128. The van der Waals surface area contributed by atoms with Crippen molar-refractivity contribution in [3.05, 3.63) is 42.4 Å². The number of hydrogen-bond donors (Lipinski definition) is 1. The molecule has 0 saturated carbocycles. The number of rotatable bonds is 1. The molecule has 1 N–H and O–H groups in total. The van der Waals surface area contributed by atoms with Gasteiger partial charge >= 0.3 is 0 Å². The van der Waals surface area contributed by atoms with Crippen molar-refractivity contribution in [1.29, 1.82) is 0 Å². The number of nitrogens with zero attached hydrogens (tertiary/aromatic N) is 2. The number of aromatic nitrogens is 2. The minimum atomic E-state index is -3.15. The molecule has 0 radical (unpaired) electrons. The van der Waals surface area contributed by atoms with Crippen molar-refractivity contribution >= 4 is 9.84 Å². The highest BCUT2D eigenvalue weighted by Crippen LogP contribution is 2.45. The van der Waals surface area contributed by atoms with Gasteiger partial charge in [0.05, 0.1) is 41.9 Å². The van der Waals surface area contributed by atoms with Crippen LogP contribution in [0.3, 0.4) is 0 Å². The predicted octanol–water partition coefficient (Wildman–Crippen LogP) is 0.858. The summed E-state index contributed by atoms with van der Waals surface area (Å²) >= 11 is 0. The SMILES string of the molecule is O=S1(=O)C[C@H]([C@H]2c3ccccc3-c3cncn32)[C@@H](O)C1. The first kappa shape index (κ1) is 12.1. The molecule has 3 heterocycles. The number of imidazole rings is 1. The van der Waals surface area contributed by atoms with E-state index in [2.05, 4.69) is 4.98 Å².